The number of aryl methyl sites for hydroxylation is 1. The minimum Gasteiger partial charge on any atom is -0.334 e. The van der Waals surface area contributed by atoms with Gasteiger partial charge < -0.3 is 9.88 Å². The van der Waals surface area contributed by atoms with Gasteiger partial charge in [0.05, 0.1) is 28.6 Å². The number of nitrogens with zero attached hydrogens (tertiary/aromatic N) is 6. The Kier molecular flexibility index (Phi) is 3.46. The molecule has 9 heteroatoms. The van der Waals surface area contributed by atoms with Crippen molar-refractivity contribution in [3.05, 3.63) is 60.4 Å². The lowest BCUT2D eigenvalue weighted by molar-refractivity contribution is 0.102. The number of fused-ring (bicyclic) bond motifs is 1. The minimum absolute atomic E-state index is 0.103. The fourth-order valence-corrected chi connectivity index (χ4v) is 2.52. The average molecular weight is 337 g/mol. The van der Waals surface area contributed by atoms with Crippen LogP contribution >= 0.6 is 0 Å². The van der Waals surface area contributed by atoms with E-state index in [1.807, 2.05) is 17.7 Å². The summed E-state index contributed by atoms with van der Waals surface area (Å²) < 4.78 is 17.3. The van der Waals surface area contributed by atoms with Crippen LogP contribution in [0.1, 0.15) is 10.4 Å². The fraction of sp³-hybridized carbons (Fsp3) is 0.0625. The molecule has 25 heavy (non-hydrogen) atoms. The van der Waals surface area contributed by atoms with E-state index in [0.717, 1.165) is 11.0 Å². The minimum atomic E-state index is -0.631. The van der Waals surface area contributed by atoms with Gasteiger partial charge in [0, 0.05) is 12.7 Å². The summed E-state index contributed by atoms with van der Waals surface area (Å²) in [7, 11) is 1.88. The highest BCUT2D eigenvalue weighted by atomic mass is 19.1. The molecule has 0 saturated heterocycles. The van der Waals surface area contributed by atoms with Crippen molar-refractivity contribution in [2.24, 2.45) is 7.05 Å². The van der Waals surface area contributed by atoms with E-state index in [-0.39, 0.29) is 5.56 Å². The Balaban J connectivity index is 1.64. The normalized spacial score (nSPS) is 11.0. The Morgan fingerprint density at radius 1 is 1.16 bits per heavy atom. The van der Waals surface area contributed by atoms with Gasteiger partial charge in [-0.1, -0.05) is 0 Å². The van der Waals surface area contributed by atoms with E-state index in [4.69, 9.17) is 0 Å². The second kappa shape index (κ2) is 5.78. The van der Waals surface area contributed by atoms with Gasteiger partial charge in [0.1, 0.15) is 12.1 Å². The Hall–Kier alpha value is -3.62. The number of nitrogens with one attached hydrogen (secondary N) is 1. The van der Waals surface area contributed by atoms with Gasteiger partial charge in [-0.05, 0) is 46.8 Å². The second-order valence-corrected chi connectivity index (χ2v) is 5.43. The molecule has 0 fully saturated rings. The molecule has 4 aromatic rings. The molecule has 2 heterocycles. The zero-order chi connectivity index (χ0) is 17.4. The molecule has 0 atom stereocenters. The molecule has 0 radical (unpaired) electrons. The van der Waals surface area contributed by atoms with E-state index in [2.05, 4.69) is 25.8 Å². The summed E-state index contributed by atoms with van der Waals surface area (Å²) in [4.78, 5) is 16.7. The molecule has 0 aliphatic heterocycles. The molecule has 1 N–H and O–H groups in total. The van der Waals surface area contributed by atoms with E-state index < -0.39 is 11.7 Å². The van der Waals surface area contributed by atoms with Crippen LogP contribution in [-0.2, 0) is 7.05 Å². The number of aromatic nitrogens is 6. The largest absolute Gasteiger partial charge is 0.334 e. The number of anilines is 1. The number of carbonyl (C=O) groups excluding carboxylic acids is 1. The molecule has 0 spiro atoms. The number of benzene rings is 2. The third-order valence-electron chi connectivity index (χ3n) is 3.79. The van der Waals surface area contributed by atoms with E-state index in [1.54, 1.807) is 18.5 Å². The Morgan fingerprint density at radius 3 is 2.84 bits per heavy atom. The van der Waals surface area contributed by atoms with E-state index in [0.29, 0.717) is 11.4 Å². The standard InChI is InChI=1S/C16H12FN7O/c1-23-8-18-14-6-10(2-5-15(14)23)20-16(25)12-7-11(3-4-13(12)17)24-9-19-21-22-24/h2-9H,1H3,(H,20,25). The molecular weight excluding hydrogens is 325 g/mol. The summed E-state index contributed by atoms with van der Waals surface area (Å²) in [6.07, 6.45) is 3.05. The van der Waals surface area contributed by atoms with Crippen molar-refractivity contribution >= 4 is 22.6 Å². The van der Waals surface area contributed by atoms with Crippen LogP contribution in [0.4, 0.5) is 10.1 Å². The predicted octanol–water partition coefficient (Wildman–Crippen LogP) is 1.94. The molecule has 2 aromatic carbocycles. The number of carbonyl (C=O) groups is 1. The maximum absolute atomic E-state index is 14.1. The molecule has 8 nitrogen and oxygen atoms in total. The summed E-state index contributed by atoms with van der Waals surface area (Å²) in [5, 5.41) is 13.5. The van der Waals surface area contributed by atoms with Crippen LogP contribution in [0, 0.1) is 5.82 Å². The van der Waals surface area contributed by atoms with Gasteiger partial charge in [0.25, 0.3) is 5.91 Å². The SMILES string of the molecule is Cn1cnc2cc(NC(=O)c3cc(-n4cnnn4)ccc3F)ccc21. The van der Waals surface area contributed by atoms with Crippen molar-refractivity contribution in [2.45, 2.75) is 0 Å². The topological polar surface area (TPSA) is 90.5 Å². The van der Waals surface area contributed by atoms with Gasteiger partial charge in [-0.3, -0.25) is 4.79 Å². The number of hydrogen-bond acceptors (Lipinski definition) is 5. The maximum Gasteiger partial charge on any atom is 0.258 e. The number of halogens is 1. The van der Waals surface area contributed by atoms with Crippen LogP contribution in [0.3, 0.4) is 0 Å². The van der Waals surface area contributed by atoms with Gasteiger partial charge in [-0.25, -0.2) is 14.1 Å². The van der Waals surface area contributed by atoms with E-state index in [9.17, 15) is 9.18 Å². The van der Waals surface area contributed by atoms with Crippen LogP contribution in [-0.4, -0.2) is 35.7 Å². The van der Waals surface area contributed by atoms with Gasteiger partial charge in [-0.15, -0.1) is 5.10 Å². The zero-order valence-electron chi connectivity index (χ0n) is 13.1. The Bertz CT molecular complexity index is 1070. The average Bonchev–Trinajstić information content (AvgIpc) is 3.26. The zero-order valence-corrected chi connectivity index (χ0v) is 13.1. The third-order valence-corrected chi connectivity index (χ3v) is 3.79. The number of rotatable bonds is 3. The van der Waals surface area contributed by atoms with Crippen LogP contribution in [0.25, 0.3) is 16.7 Å². The first-order valence-corrected chi connectivity index (χ1v) is 7.37. The quantitative estimate of drug-likeness (QED) is 0.617. The van der Waals surface area contributed by atoms with Crippen LogP contribution in [0.2, 0.25) is 0 Å². The van der Waals surface area contributed by atoms with Crippen LogP contribution in [0.15, 0.2) is 49.1 Å². The molecular formula is C16H12FN7O. The lowest BCUT2D eigenvalue weighted by atomic mass is 10.1. The summed E-state index contributed by atoms with van der Waals surface area (Å²) >= 11 is 0. The summed E-state index contributed by atoms with van der Waals surface area (Å²) in [6, 6.07) is 9.39. The highest BCUT2D eigenvalue weighted by Crippen LogP contribution is 2.19. The number of tetrazole rings is 1. The third kappa shape index (κ3) is 2.71. The van der Waals surface area contributed by atoms with Crippen molar-refractivity contribution in [3.8, 4) is 5.69 Å². The second-order valence-electron chi connectivity index (χ2n) is 5.43. The van der Waals surface area contributed by atoms with Crippen LogP contribution in [0.5, 0.6) is 0 Å². The smallest absolute Gasteiger partial charge is 0.258 e. The molecule has 0 unspecified atom stereocenters. The van der Waals surface area contributed by atoms with Gasteiger partial charge >= 0.3 is 0 Å². The van der Waals surface area contributed by atoms with E-state index in [1.165, 1.54) is 29.2 Å². The van der Waals surface area contributed by atoms with E-state index >= 15 is 0 Å². The highest BCUT2D eigenvalue weighted by molar-refractivity contribution is 6.05. The molecule has 124 valence electrons. The highest BCUT2D eigenvalue weighted by Gasteiger charge is 2.14. The Labute approximate surface area is 140 Å². The molecule has 2 aromatic heterocycles. The number of amides is 1. The number of hydrogen-bond donors (Lipinski definition) is 1. The molecule has 0 aliphatic carbocycles. The van der Waals surface area contributed by atoms with Gasteiger partial charge in [-0.2, -0.15) is 0 Å². The monoisotopic (exact) mass is 337 g/mol. The fourth-order valence-electron chi connectivity index (χ4n) is 2.52. The summed E-state index contributed by atoms with van der Waals surface area (Å²) in [6.45, 7) is 0. The van der Waals surface area contributed by atoms with Crippen molar-refractivity contribution in [1.29, 1.82) is 0 Å². The Morgan fingerprint density at radius 2 is 2.04 bits per heavy atom. The summed E-state index contributed by atoms with van der Waals surface area (Å²) in [5.41, 5.74) is 2.59. The molecule has 4 rings (SSSR count). The van der Waals surface area contributed by atoms with Crippen molar-refractivity contribution in [3.63, 3.8) is 0 Å². The first-order valence-electron chi connectivity index (χ1n) is 7.37. The van der Waals surface area contributed by atoms with Gasteiger partial charge in [0.15, 0.2) is 0 Å². The van der Waals surface area contributed by atoms with Crippen molar-refractivity contribution < 1.29 is 9.18 Å². The molecule has 0 saturated carbocycles. The molecule has 0 aliphatic rings. The maximum atomic E-state index is 14.1. The van der Waals surface area contributed by atoms with Crippen molar-refractivity contribution in [2.75, 3.05) is 5.32 Å². The van der Waals surface area contributed by atoms with Crippen LogP contribution < -0.4 is 5.32 Å². The lowest BCUT2D eigenvalue weighted by Crippen LogP contribution is -2.14. The van der Waals surface area contributed by atoms with Gasteiger partial charge in [0.2, 0.25) is 0 Å². The summed E-state index contributed by atoms with van der Waals surface area (Å²) in [5.74, 6) is -1.20. The predicted molar refractivity (Wildman–Crippen MR) is 87.8 cm³/mol. The first kappa shape index (κ1) is 14.9. The first-order chi connectivity index (χ1) is 12.1. The molecule has 0 bridgehead atoms. The van der Waals surface area contributed by atoms with Crippen molar-refractivity contribution in [1.82, 2.24) is 29.8 Å². The number of imidazole rings is 1. The molecule has 1 amide bonds. The lowest BCUT2D eigenvalue weighted by Gasteiger charge is -2.08.